The van der Waals surface area contributed by atoms with Crippen LogP contribution in [0.2, 0.25) is 0 Å². The van der Waals surface area contributed by atoms with Crippen molar-refractivity contribution in [1.82, 2.24) is 25.8 Å². The lowest BCUT2D eigenvalue weighted by Crippen LogP contribution is -2.38. The molecule has 22 heavy (non-hydrogen) atoms. The van der Waals surface area contributed by atoms with Crippen LogP contribution in [0, 0.1) is 0 Å². The zero-order valence-electron chi connectivity index (χ0n) is 12.9. The molecule has 0 saturated carbocycles. The highest BCUT2D eigenvalue weighted by molar-refractivity contribution is 5.79. The van der Waals surface area contributed by atoms with E-state index in [1.54, 1.807) is 13.4 Å². The van der Waals surface area contributed by atoms with Gasteiger partial charge in [0, 0.05) is 26.6 Å². The van der Waals surface area contributed by atoms with Crippen LogP contribution in [0.3, 0.4) is 0 Å². The molecule has 0 aromatic carbocycles. The number of furan rings is 1. The van der Waals surface area contributed by atoms with Crippen molar-refractivity contribution in [2.24, 2.45) is 4.99 Å². The minimum Gasteiger partial charge on any atom is -0.461 e. The second-order valence-corrected chi connectivity index (χ2v) is 4.51. The Hall–Kier alpha value is -2.35. The molecule has 0 aliphatic heterocycles. The van der Waals surface area contributed by atoms with Crippen LogP contribution in [0.1, 0.15) is 12.7 Å². The first-order valence-corrected chi connectivity index (χ1v) is 7.29. The second kappa shape index (κ2) is 8.83. The topological polar surface area (TPSA) is 100 Å². The molecule has 0 spiro atoms. The zero-order chi connectivity index (χ0) is 15.6. The number of guanidine groups is 1. The van der Waals surface area contributed by atoms with Gasteiger partial charge < -0.3 is 19.8 Å². The van der Waals surface area contributed by atoms with Crippen molar-refractivity contribution in [3.63, 3.8) is 0 Å². The Morgan fingerprint density at radius 3 is 3.09 bits per heavy atom. The lowest BCUT2D eigenvalue weighted by atomic mass is 10.4. The Morgan fingerprint density at radius 2 is 2.36 bits per heavy atom. The van der Waals surface area contributed by atoms with E-state index >= 15 is 0 Å². The normalized spacial score (nSPS) is 11.6. The molecule has 120 valence electrons. The lowest BCUT2D eigenvalue weighted by molar-refractivity contribution is 0.208. The molecule has 2 heterocycles. The third-order valence-electron chi connectivity index (χ3n) is 2.84. The molecular formula is C14H22N6O2. The van der Waals surface area contributed by atoms with E-state index in [0.717, 1.165) is 18.3 Å². The lowest BCUT2D eigenvalue weighted by Gasteiger charge is -2.10. The summed E-state index contributed by atoms with van der Waals surface area (Å²) in [5.74, 6) is 2.79. The Balaban J connectivity index is 1.80. The van der Waals surface area contributed by atoms with Gasteiger partial charge in [-0.2, -0.15) is 5.10 Å². The predicted molar refractivity (Wildman–Crippen MR) is 83.6 cm³/mol. The number of aliphatic imine (C=N–C) groups is 1. The molecule has 0 aliphatic carbocycles. The largest absolute Gasteiger partial charge is 0.461 e. The van der Waals surface area contributed by atoms with E-state index in [4.69, 9.17) is 9.15 Å². The van der Waals surface area contributed by atoms with Crippen LogP contribution in [-0.4, -0.2) is 54.5 Å². The maximum atomic E-state index is 5.26. The van der Waals surface area contributed by atoms with Gasteiger partial charge in [0.2, 0.25) is 5.82 Å². The van der Waals surface area contributed by atoms with E-state index in [1.807, 2.05) is 19.1 Å². The molecule has 2 aromatic heterocycles. The van der Waals surface area contributed by atoms with E-state index in [1.165, 1.54) is 0 Å². The fourth-order valence-corrected chi connectivity index (χ4v) is 1.81. The zero-order valence-corrected chi connectivity index (χ0v) is 12.9. The summed E-state index contributed by atoms with van der Waals surface area (Å²) in [6, 6.07) is 3.64. The van der Waals surface area contributed by atoms with Crippen molar-refractivity contribution >= 4 is 5.96 Å². The quantitative estimate of drug-likeness (QED) is 0.379. The molecule has 8 heteroatoms. The summed E-state index contributed by atoms with van der Waals surface area (Å²) in [5, 5.41) is 13.5. The number of aromatic nitrogens is 3. The Bertz CT molecular complexity index is 564. The van der Waals surface area contributed by atoms with Gasteiger partial charge in [0.15, 0.2) is 11.7 Å². The van der Waals surface area contributed by atoms with Gasteiger partial charge in [-0.05, 0) is 19.1 Å². The summed E-state index contributed by atoms with van der Waals surface area (Å²) in [6.45, 7) is 4.76. The molecule has 0 fully saturated rings. The Labute approximate surface area is 129 Å². The molecule has 0 atom stereocenters. The third kappa shape index (κ3) is 4.88. The number of aromatic amines is 1. The molecule has 2 rings (SSSR count). The van der Waals surface area contributed by atoms with Crippen molar-refractivity contribution in [1.29, 1.82) is 0 Å². The van der Waals surface area contributed by atoms with Gasteiger partial charge in [-0.1, -0.05) is 0 Å². The number of hydrogen-bond donors (Lipinski definition) is 3. The number of methoxy groups -OCH3 is 1. The van der Waals surface area contributed by atoms with Gasteiger partial charge in [-0.15, -0.1) is 0 Å². The summed E-state index contributed by atoms with van der Waals surface area (Å²) in [6.07, 6.45) is 2.31. The minimum absolute atomic E-state index is 0.570. The van der Waals surface area contributed by atoms with Gasteiger partial charge in [0.25, 0.3) is 0 Å². The molecule has 8 nitrogen and oxygen atoms in total. The highest BCUT2D eigenvalue weighted by Crippen LogP contribution is 2.14. The van der Waals surface area contributed by atoms with Gasteiger partial charge >= 0.3 is 0 Å². The molecule has 2 aromatic rings. The standard InChI is InChI=1S/C14H22N6O2/c1-3-15-14(17-8-10-21-2)16-7-6-12-18-13(20-19-12)11-5-4-9-22-11/h4-5,9H,3,6-8,10H2,1-2H3,(H2,15,16,17)(H,18,19,20). The van der Waals surface area contributed by atoms with Crippen molar-refractivity contribution in [3.8, 4) is 11.6 Å². The van der Waals surface area contributed by atoms with E-state index in [-0.39, 0.29) is 0 Å². The van der Waals surface area contributed by atoms with Crippen LogP contribution in [0.25, 0.3) is 11.6 Å². The first-order valence-electron chi connectivity index (χ1n) is 7.29. The first-order chi connectivity index (χ1) is 10.8. The van der Waals surface area contributed by atoms with E-state index in [9.17, 15) is 0 Å². The fourth-order valence-electron chi connectivity index (χ4n) is 1.81. The Kier molecular flexibility index (Phi) is 6.43. The summed E-state index contributed by atoms with van der Waals surface area (Å²) in [7, 11) is 1.66. The molecule has 0 bridgehead atoms. The van der Waals surface area contributed by atoms with Crippen LogP contribution in [-0.2, 0) is 11.2 Å². The highest BCUT2D eigenvalue weighted by atomic mass is 16.5. The van der Waals surface area contributed by atoms with E-state index in [2.05, 4.69) is 30.8 Å². The molecule has 3 N–H and O–H groups in total. The van der Waals surface area contributed by atoms with Crippen LogP contribution in [0.15, 0.2) is 27.8 Å². The van der Waals surface area contributed by atoms with Crippen LogP contribution >= 0.6 is 0 Å². The molecule has 0 saturated heterocycles. The summed E-state index contributed by atoms with van der Waals surface area (Å²) >= 11 is 0. The number of H-pyrrole nitrogens is 1. The number of ether oxygens (including phenoxy) is 1. The van der Waals surface area contributed by atoms with Gasteiger partial charge in [0.05, 0.1) is 19.4 Å². The smallest absolute Gasteiger partial charge is 0.216 e. The summed E-state index contributed by atoms with van der Waals surface area (Å²) in [4.78, 5) is 8.78. The number of nitrogens with zero attached hydrogens (tertiary/aromatic N) is 3. The van der Waals surface area contributed by atoms with Gasteiger partial charge in [-0.3, -0.25) is 10.1 Å². The van der Waals surface area contributed by atoms with E-state index in [0.29, 0.717) is 37.7 Å². The van der Waals surface area contributed by atoms with Crippen molar-refractivity contribution in [3.05, 3.63) is 24.2 Å². The van der Waals surface area contributed by atoms with Gasteiger partial charge in [-0.25, -0.2) is 4.98 Å². The number of nitrogens with one attached hydrogen (secondary N) is 3. The van der Waals surface area contributed by atoms with E-state index < -0.39 is 0 Å². The second-order valence-electron chi connectivity index (χ2n) is 4.51. The average molecular weight is 306 g/mol. The first kappa shape index (κ1) is 16.0. The number of hydrogen-bond acceptors (Lipinski definition) is 5. The summed E-state index contributed by atoms with van der Waals surface area (Å²) < 4.78 is 10.2. The number of rotatable bonds is 8. The summed E-state index contributed by atoms with van der Waals surface area (Å²) in [5.41, 5.74) is 0. The molecule has 0 aliphatic rings. The Morgan fingerprint density at radius 1 is 1.45 bits per heavy atom. The van der Waals surface area contributed by atoms with Crippen molar-refractivity contribution in [2.45, 2.75) is 13.3 Å². The molecule has 0 radical (unpaired) electrons. The molecule has 0 unspecified atom stereocenters. The SMILES string of the molecule is CCNC(=NCCOC)NCCc1nc(-c2ccco2)n[nH]1. The highest BCUT2D eigenvalue weighted by Gasteiger charge is 2.08. The van der Waals surface area contributed by atoms with Crippen LogP contribution in [0.5, 0.6) is 0 Å². The van der Waals surface area contributed by atoms with Gasteiger partial charge in [0.1, 0.15) is 5.82 Å². The molecular weight excluding hydrogens is 284 g/mol. The maximum Gasteiger partial charge on any atom is 0.216 e. The fraction of sp³-hybridized carbons (Fsp3) is 0.500. The molecule has 0 amide bonds. The van der Waals surface area contributed by atoms with Crippen molar-refractivity contribution in [2.75, 3.05) is 33.4 Å². The van der Waals surface area contributed by atoms with Crippen molar-refractivity contribution < 1.29 is 9.15 Å². The minimum atomic E-state index is 0.570. The van der Waals surface area contributed by atoms with Crippen LogP contribution in [0.4, 0.5) is 0 Å². The predicted octanol–water partition coefficient (Wildman–Crippen LogP) is 0.809. The average Bonchev–Trinajstić information content (AvgIpc) is 3.18. The third-order valence-corrected chi connectivity index (χ3v) is 2.84. The maximum absolute atomic E-state index is 5.26. The van der Waals surface area contributed by atoms with Crippen LogP contribution < -0.4 is 10.6 Å². The monoisotopic (exact) mass is 306 g/mol.